The van der Waals surface area contributed by atoms with Crippen molar-refractivity contribution in [1.29, 1.82) is 0 Å². The third kappa shape index (κ3) is 2.36. The molecule has 0 radical (unpaired) electrons. The van der Waals surface area contributed by atoms with Crippen LogP contribution in [-0.2, 0) is 9.53 Å². The van der Waals surface area contributed by atoms with Crippen molar-refractivity contribution in [3.05, 3.63) is 33.7 Å². The molecule has 1 unspecified atom stereocenters. The molecule has 0 saturated carbocycles. The van der Waals surface area contributed by atoms with Crippen molar-refractivity contribution in [2.75, 3.05) is 6.61 Å². The third-order valence-corrected chi connectivity index (χ3v) is 4.15. The zero-order valence-electron chi connectivity index (χ0n) is 10.1. The van der Waals surface area contributed by atoms with Gasteiger partial charge in [0.05, 0.1) is 10.9 Å². The van der Waals surface area contributed by atoms with Crippen LogP contribution in [-0.4, -0.2) is 17.7 Å². The lowest BCUT2D eigenvalue weighted by atomic mass is 10.0. The van der Waals surface area contributed by atoms with E-state index in [4.69, 9.17) is 16.3 Å². The van der Waals surface area contributed by atoms with Crippen molar-refractivity contribution in [2.24, 2.45) is 0 Å². The normalized spacial score (nSPS) is 12.7. The molecule has 0 aliphatic heterocycles. The fourth-order valence-electron chi connectivity index (χ4n) is 1.87. The number of ether oxygens (including phenoxy) is 1. The second-order valence-electron chi connectivity index (χ2n) is 3.90. The van der Waals surface area contributed by atoms with Crippen molar-refractivity contribution in [2.45, 2.75) is 20.0 Å². The van der Waals surface area contributed by atoms with E-state index in [-0.39, 0.29) is 6.61 Å². The number of hydrogen-bond donors (Lipinski definition) is 1. The molecule has 18 heavy (non-hydrogen) atoms. The second kappa shape index (κ2) is 5.26. The van der Waals surface area contributed by atoms with E-state index in [1.165, 1.54) is 11.3 Å². The van der Waals surface area contributed by atoms with Gasteiger partial charge in [0.1, 0.15) is 0 Å². The quantitative estimate of drug-likeness (QED) is 0.878. The molecule has 3 nitrogen and oxygen atoms in total. The number of aryl methyl sites for hydroxylation is 1. The van der Waals surface area contributed by atoms with Crippen LogP contribution in [0.3, 0.4) is 0 Å². The Morgan fingerprint density at radius 3 is 2.94 bits per heavy atom. The van der Waals surface area contributed by atoms with Gasteiger partial charge in [0, 0.05) is 4.70 Å². The maximum Gasteiger partial charge on any atom is 0.339 e. The number of thiophene rings is 1. The number of hydrogen-bond acceptors (Lipinski definition) is 4. The van der Waals surface area contributed by atoms with Crippen LogP contribution in [0.4, 0.5) is 0 Å². The zero-order chi connectivity index (χ0) is 13.3. The summed E-state index contributed by atoms with van der Waals surface area (Å²) in [5.41, 5.74) is 1.43. The smallest absolute Gasteiger partial charge is 0.339 e. The van der Waals surface area contributed by atoms with Gasteiger partial charge in [-0.25, -0.2) is 4.79 Å². The van der Waals surface area contributed by atoms with Crippen LogP contribution in [0, 0.1) is 6.92 Å². The van der Waals surface area contributed by atoms with E-state index >= 15 is 0 Å². The Labute approximate surface area is 114 Å². The first-order valence-electron chi connectivity index (χ1n) is 5.57. The number of carbonyl (C=O) groups excluding carboxylic acids is 1. The number of aliphatic hydroxyl groups excluding tert-OH is 1. The first kappa shape index (κ1) is 13.3. The van der Waals surface area contributed by atoms with Gasteiger partial charge >= 0.3 is 5.97 Å². The molecule has 0 fully saturated rings. The SMILES string of the molecule is CCOC(=O)C(O)c1ccc2cc(Cl)sc2c1C. The van der Waals surface area contributed by atoms with Crippen LogP contribution < -0.4 is 0 Å². The second-order valence-corrected chi connectivity index (χ2v) is 5.59. The van der Waals surface area contributed by atoms with Gasteiger partial charge in [-0.2, -0.15) is 0 Å². The molecule has 1 aromatic carbocycles. The van der Waals surface area contributed by atoms with Crippen LogP contribution in [0.25, 0.3) is 10.1 Å². The summed E-state index contributed by atoms with van der Waals surface area (Å²) < 4.78 is 6.50. The minimum absolute atomic E-state index is 0.252. The Bertz CT molecular complexity index is 591. The Kier molecular flexibility index (Phi) is 3.90. The molecule has 0 bridgehead atoms. The average Bonchev–Trinajstić information content (AvgIpc) is 2.71. The van der Waals surface area contributed by atoms with E-state index in [9.17, 15) is 9.90 Å². The zero-order valence-corrected chi connectivity index (χ0v) is 11.6. The van der Waals surface area contributed by atoms with Gasteiger partial charge in [-0.05, 0) is 36.4 Å². The van der Waals surface area contributed by atoms with E-state index in [0.29, 0.717) is 9.90 Å². The predicted molar refractivity (Wildman–Crippen MR) is 73.2 cm³/mol. The lowest BCUT2D eigenvalue weighted by molar-refractivity contribution is -0.153. The predicted octanol–water partition coefficient (Wildman–Crippen LogP) is 3.46. The summed E-state index contributed by atoms with van der Waals surface area (Å²) in [4.78, 5) is 11.5. The first-order valence-corrected chi connectivity index (χ1v) is 6.77. The van der Waals surface area contributed by atoms with E-state index in [1.54, 1.807) is 13.0 Å². The Morgan fingerprint density at radius 2 is 2.28 bits per heavy atom. The fraction of sp³-hybridized carbons (Fsp3) is 0.308. The summed E-state index contributed by atoms with van der Waals surface area (Å²) in [7, 11) is 0. The summed E-state index contributed by atoms with van der Waals surface area (Å²) in [5.74, 6) is -0.623. The van der Waals surface area contributed by atoms with Crippen LogP contribution in [0.1, 0.15) is 24.2 Å². The minimum Gasteiger partial charge on any atom is -0.464 e. The van der Waals surface area contributed by atoms with E-state index < -0.39 is 12.1 Å². The number of aliphatic hydroxyl groups is 1. The summed E-state index contributed by atoms with van der Waals surface area (Å²) in [6.07, 6.45) is -1.24. The molecule has 96 valence electrons. The number of benzene rings is 1. The topological polar surface area (TPSA) is 46.5 Å². The molecule has 1 atom stereocenters. The number of esters is 1. The Balaban J connectivity index is 2.45. The van der Waals surface area contributed by atoms with E-state index in [2.05, 4.69) is 0 Å². The Morgan fingerprint density at radius 1 is 1.56 bits per heavy atom. The molecule has 0 saturated heterocycles. The van der Waals surface area contributed by atoms with Gasteiger partial charge in [0.25, 0.3) is 0 Å². The number of halogens is 1. The van der Waals surface area contributed by atoms with E-state index in [1.807, 2.05) is 19.1 Å². The lowest BCUT2D eigenvalue weighted by Gasteiger charge is -2.13. The van der Waals surface area contributed by atoms with Gasteiger partial charge in [0.15, 0.2) is 6.10 Å². The summed E-state index contributed by atoms with van der Waals surface area (Å²) in [6.45, 7) is 3.83. The number of fused-ring (bicyclic) bond motifs is 1. The summed E-state index contributed by atoms with van der Waals surface area (Å²) in [5, 5.41) is 11.0. The molecule has 0 aliphatic rings. The monoisotopic (exact) mass is 284 g/mol. The minimum atomic E-state index is -1.24. The van der Waals surface area contributed by atoms with Crippen molar-refractivity contribution in [3.63, 3.8) is 0 Å². The first-order chi connectivity index (χ1) is 8.54. The highest BCUT2D eigenvalue weighted by atomic mass is 35.5. The van der Waals surface area contributed by atoms with Gasteiger partial charge in [-0.3, -0.25) is 0 Å². The maximum atomic E-state index is 11.5. The highest BCUT2D eigenvalue weighted by molar-refractivity contribution is 7.22. The Hall–Kier alpha value is -1.10. The molecular weight excluding hydrogens is 272 g/mol. The van der Waals surface area contributed by atoms with Gasteiger partial charge in [-0.1, -0.05) is 23.7 Å². The van der Waals surface area contributed by atoms with E-state index in [0.717, 1.165) is 15.6 Å². The van der Waals surface area contributed by atoms with Gasteiger partial charge in [-0.15, -0.1) is 11.3 Å². The molecule has 2 aromatic rings. The average molecular weight is 285 g/mol. The van der Waals surface area contributed by atoms with Gasteiger partial charge < -0.3 is 9.84 Å². The van der Waals surface area contributed by atoms with Crippen molar-refractivity contribution in [1.82, 2.24) is 0 Å². The van der Waals surface area contributed by atoms with Crippen molar-refractivity contribution >= 4 is 39.0 Å². The molecule has 0 aliphatic carbocycles. The third-order valence-electron chi connectivity index (χ3n) is 2.75. The molecule has 1 aromatic heterocycles. The summed E-state index contributed by atoms with van der Waals surface area (Å²) >= 11 is 7.40. The van der Waals surface area contributed by atoms with Crippen LogP contribution in [0.15, 0.2) is 18.2 Å². The van der Waals surface area contributed by atoms with Crippen LogP contribution in [0.2, 0.25) is 4.34 Å². The molecule has 0 spiro atoms. The largest absolute Gasteiger partial charge is 0.464 e. The standard InChI is InChI=1S/C13H13ClO3S/c1-3-17-13(16)11(15)9-5-4-8-6-10(14)18-12(8)7(9)2/h4-6,11,15H,3H2,1-2H3. The molecule has 1 N–H and O–H groups in total. The summed E-state index contributed by atoms with van der Waals surface area (Å²) in [6, 6.07) is 5.46. The number of rotatable bonds is 3. The van der Waals surface area contributed by atoms with Gasteiger partial charge in [0.2, 0.25) is 0 Å². The van der Waals surface area contributed by atoms with Crippen LogP contribution >= 0.6 is 22.9 Å². The molecule has 0 amide bonds. The highest BCUT2D eigenvalue weighted by Crippen LogP contribution is 2.35. The lowest BCUT2D eigenvalue weighted by Crippen LogP contribution is -2.16. The molecule has 5 heteroatoms. The number of carbonyl (C=O) groups is 1. The maximum absolute atomic E-state index is 11.5. The van der Waals surface area contributed by atoms with Crippen LogP contribution in [0.5, 0.6) is 0 Å². The molecule has 1 heterocycles. The molecule has 2 rings (SSSR count). The van der Waals surface area contributed by atoms with Crippen molar-refractivity contribution < 1.29 is 14.6 Å². The highest BCUT2D eigenvalue weighted by Gasteiger charge is 2.21. The molecular formula is C13H13ClO3S. The van der Waals surface area contributed by atoms with Crippen molar-refractivity contribution in [3.8, 4) is 0 Å². The fourth-order valence-corrected chi connectivity index (χ4v) is 3.12.